The van der Waals surface area contributed by atoms with Gasteiger partial charge in [0.05, 0.1) is 4.47 Å². The second-order valence-corrected chi connectivity index (χ2v) is 5.55. The maximum atomic E-state index is 13.4. The number of halogens is 2. The fraction of sp³-hybridized carbons (Fsp3) is 0.231. The summed E-state index contributed by atoms with van der Waals surface area (Å²) in [7, 11) is 1.93. The monoisotopic (exact) mass is 313 g/mol. The van der Waals surface area contributed by atoms with Gasteiger partial charge in [-0.3, -0.25) is 0 Å². The lowest BCUT2D eigenvalue weighted by Crippen LogP contribution is -2.18. The Morgan fingerprint density at radius 3 is 2.82 bits per heavy atom. The van der Waals surface area contributed by atoms with E-state index < -0.39 is 0 Å². The molecule has 0 fully saturated rings. The van der Waals surface area contributed by atoms with Crippen molar-refractivity contribution in [2.45, 2.75) is 12.5 Å². The van der Waals surface area contributed by atoms with E-state index in [1.54, 1.807) is 17.4 Å². The van der Waals surface area contributed by atoms with E-state index in [-0.39, 0.29) is 11.9 Å². The molecule has 0 saturated heterocycles. The van der Waals surface area contributed by atoms with Crippen LogP contribution in [-0.4, -0.2) is 7.05 Å². The summed E-state index contributed by atoms with van der Waals surface area (Å²) in [6.45, 7) is 0. The highest BCUT2D eigenvalue weighted by Gasteiger charge is 2.14. The van der Waals surface area contributed by atoms with Crippen molar-refractivity contribution < 1.29 is 4.39 Å². The fourth-order valence-corrected chi connectivity index (χ4v) is 3.02. The highest BCUT2D eigenvalue weighted by molar-refractivity contribution is 9.10. The van der Waals surface area contributed by atoms with Crippen LogP contribution in [0.2, 0.25) is 0 Å². The Labute approximate surface area is 113 Å². The van der Waals surface area contributed by atoms with Crippen LogP contribution < -0.4 is 5.32 Å². The highest BCUT2D eigenvalue weighted by atomic mass is 79.9. The van der Waals surface area contributed by atoms with Gasteiger partial charge in [-0.05, 0) is 52.5 Å². The summed E-state index contributed by atoms with van der Waals surface area (Å²) in [6.07, 6.45) is 0.773. The maximum absolute atomic E-state index is 13.4. The standard InChI is InChI=1S/C13H13BrFNS/c1-16-11(12-6-3-7-17-12)8-9-4-2-5-10(15)13(9)14/h2-7,11,16H,8H2,1H3. The minimum Gasteiger partial charge on any atom is -0.312 e. The average Bonchev–Trinajstić information content (AvgIpc) is 2.85. The molecule has 90 valence electrons. The molecule has 17 heavy (non-hydrogen) atoms. The molecule has 0 spiro atoms. The molecule has 1 atom stereocenters. The Morgan fingerprint density at radius 1 is 1.35 bits per heavy atom. The quantitative estimate of drug-likeness (QED) is 0.894. The van der Waals surface area contributed by atoms with E-state index in [9.17, 15) is 4.39 Å². The molecular weight excluding hydrogens is 301 g/mol. The molecule has 1 nitrogen and oxygen atoms in total. The van der Waals surface area contributed by atoms with Crippen molar-refractivity contribution in [3.05, 3.63) is 56.4 Å². The van der Waals surface area contributed by atoms with E-state index in [0.717, 1.165) is 12.0 Å². The van der Waals surface area contributed by atoms with Crippen molar-refractivity contribution in [2.75, 3.05) is 7.05 Å². The van der Waals surface area contributed by atoms with Crippen molar-refractivity contribution in [2.24, 2.45) is 0 Å². The topological polar surface area (TPSA) is 12.0 Å². The number of rotatable bonds is 4. The van der Waals surface area contributed by atoms with Crippen LogP contribution in [0.1, 0.15) is 16.5 Å². The zero-order valence-corrected chi connectivity index (χ0v) is 11.8. The predicted molar refractivity (Wildman–Crippen MR) is 73.9 cm³/mol. The molecule has 4 heteroatoms. The van der Waals surface area contributed by atoms with Crippen molar-refractivity contribution in [1.82, 2.24) is 5.32 Å². The first-order valence-corrected chi connectivity index (χ1v) is 7.03. The lowest BCUT2D eigenvalue weighted by atomic mass is 10.0. The van der Waals surface area contributed by atoms with Gasteiger partial charge < -0.3 is 5.32 Å². The predicted octanol–water partition coefficient (Wildman–Crippen LogP) is 4.15. The van der Waals surface area contributed by atoms with Crippen molar-refractivity contribution in [1.29, 1.82) is 0 Å². The van der Waals surface area contributed by atoms with E-state index in [0.29, 0.717) is 4.47 Å². The third kappa shape index (κ3) is 2.94. The van der Waals surface area contributed by atoms with Crippen LogP contribution in [0.15, 0.2) is 40.2 Å². The molecule has 0 bridgehead atoms. The smallest absolute Gasteiger partial charge is 0.137 e. The molecule has 2 rings (SSSR count). The number of hydrogen-bond donors (Lipinski definition) is 1. The molecule has 1 N–H and O–H groups in total. The summed E-state index contributed by atoms with van der Waals surface area (Å²) in [5.41, 5.74) is 0.984. The van der Waals surface area contributed by atoms with Gasteiger partial charge in [-0.25, -0.2) is 4.39 Å². The Morgan fingerprint density at radius 2 is 2.18 bits per heavy atom. The Bertz CT molecular complexity index is 484. The summed E-state index contributed by atoms with van der Waals surface area (Å²) < 4.78 is 14.0. The van der Waals surface area contributed by atoms with Gasteiger partial charge in [0.2, 0.25) is 0 Å². The van der Waals surface area contributed by atoms with Crippen molar-refractivity contribution >= 4 is 27.3 Å². The number of nitrogens with one attached hydrogen (secondary N) is 1. The van der Waals surface area contributed by atoms with E-state index in [4.69, 9.17) is 0 Å². The first-order valence-electron chi connectivity index (χ1n) is 5.36. The van der Waals surface area contributed by atoms with Crippen LogP contribution in [-0.2, 0) is 6.42 Å². The van der Waals surface area contributed by atoms with Crippen LogP contribution in [0.3, 0.4) is 0 Å². The van der Waals surface area contributed by atoms with Crippen LogP contribution in [0, 0.1) is 5.82 Å². The largest absolute Gasteiger partial charge is 0.312 e. The van der Waals surface area contributed by atoms with Crippen LogP contribution >= 0.6 is 27.3 Å². The third-order valence-electron chi connectivity index (χ3n) is 2.69. The number of likely N-dealkylation sites (N-methyl/N-ethyl adjacent to an activating group) is 1. The molecular formula is C13H13BrFNS. The number of thiophene rings is 1. The van der Waals surface area contributed by atoms with E-state index >= 15 is 0 Å². The first kappa shape index (κ1) is 12.7. The molecule has 0 aliphatic rings. The van der Waals surface area contributed by atoms with Crippen LogP contribution in [0.25, 0.3) is 0 Å². The average molecular weight is 314 g/mol. The maximum Gasteiger partial charge on any atom is 0.137 e. The van der Waals surface area contributed by atoms with Gasteiger partial charge in [0, 0.05) is 10.9 Å². The first-order chi connectivity index (χ1) is 8.22. The molecule has 0 amide bonds. The minimum atomic E-state index is -0.205. The Hall–Kier alpha value is -0.710. The summed E-state index contributed by atoms with van der Waals surface area (Å²) in [5.74, 6) is -0.205. The third-order valence-corrected chi connectivity index (χ3v) is 4.56. The number of hydrogen-bond acceptors (Lipinski definition) is 2. The minimum absolute atomic E-state index is 0.205. The molecule has 0 aliphatic carbocycles. The van der Waals surface area contributed by atoms with E-state index in [2.05, 4.69) is 32.7 Å². The van der Waals surface area contributed by atoms with E-state index in [1.807, 2.05) is 19.2 Å². The zero-order valence-electron chi connectivity index (χ0n) is 9.41. The van der Waals surface area contributed by atoms with Gasteiger partial charge in [-0.15, -0.1) is 11.3 Å². The number of benzene rings is 1. The molecule has 0 radical (unpaired) electrons. The lowest BCUT2D eigenvalue weighted by molar-refractivity contribution is 0.587. The zero-order chi connectivity index (χ0) is 12.3. The Balaban J connectivity index is 2.22. The molecule has 0 aliphatic heterocycles. The second kappa shape index (κ2) is 5.76. The summed E-state index contributed by atoms with van der Waals surface area (Å²) in [4.78, 5) is 1.27. The molecule has 1 aromatic heterocycles. The molecule has 1 heterocycles. The van der Waals surface area contributed by atoms with Gasteiger partial charge in [-0.1, -0.05) is 18.2 Å². The van der Waals surface area contributed by atoms with E-state index in [1.165, 1.54) is 10.9 Å². The molecule has 1 unspecified atom stereocenters. The summed E-state index contributed by atoms with van der Waals surface area (Å²) in [6, 6.07) is 9.52. The fourth-order valence-electron chi connectivity index (χ4n) is 1.76. The van der Waals surface area contributed by atoms with Gasteiger partial charge in [0.1, 0.15) is 5.82 Å². The molecule has 1 aromatic carbocycles. The van der Waals surface area contributed by atoms with Crippen molar-refractivity contribution in [3.8, 4) is 0 Å². The van der Waals surface area contributed by atoms with Crippen LogP contribution in [0.5, 0.6) is 0 Å². The normalized spacial score (nSPS) is 12.6. The second-order valence-electron chi connectivity index (χ2n) is 3.77. The molecule has 2 aromatic rings. The summed E-state index contributed by atoms with van der Waals surface area (Å²) in [5, 5.41) is 5.32. The van der Waals surface area contributed by atoms with Gasteiger partial charge in [0.15, 0.2) is 0 Å². The van der Waals surface area contributed by atoms with Gasteiger partial charge in [-0.2, -0.15) is 0 Å². The van der Waals surface area contributed by atoms with Crippen molar-refractivity contribution in [3.63, 3.8) is 0 Å². The summed E-state index contributed by atoms with van der Waals surface area (Å²) >= 11 is 5.02. The Kier molecular flexibility index (Phi) is 4.31. The highest BCUT2D eigenvalue weighted by Crippen LogP contribution is 2.27. The lowest BCUT2D eigenvalue weighted by Gasteiger charge is -2.15. The van der Waals surface area contributed by atoms with Gasteiger partial charge >= 0.3 is 0 Å². The SMILES string of the molecule is CNC(Cc1cccc(F)c1Br)c1cccs1. The van der Waals surface area contributed by atoms with Gasteiger partial charge in [0.25, 0.3) is 0 Å². The molecule has 0 saturated carbocycles. The van der Waals surface area contributed by atoms with Crippen LogP contribution in [0.4, 0.5) is 4.39 Å².